The van der Waals surface area contributed by atoms with Gasteiger partial charge in [-0.2, -0.15) is 0 Å². The smallest absolute Gasteiger partial charge is 0.192 e. The van der Waals surface area contributed by atoms with Crippen molar-refractivity contribution < 1.29 is 4.42 Å². The molecule has 0 atom stereocenters. The van der Waals surface area contributed by atoms with Crippen LogP contribution >= 0.6 is 0 Å². The van der Waals surface area contributed by atoms with E-state index >= 15 is 0 Å². The Morgan fingerprint density at radius 3 is 2.61 bits per heavy atom. The van der Waals surface area contributed by atoms with Gasteiger partial charge in [-0.15, -0.1) is 0 Å². The van der Waals surface area contributed by atoms with Gasteiger partial charge in [0.05, 0.1) is 5.52 Å². The zero-order valence-electron chi connectivity index (χ0n) is 15.5. The maximum absolute atomic E-state index is 5.66. The molecule has 0 radical (unpaired) electrons. The zero-order chi connectivity index (χ0) is 19.1. The van der Waals surface area contributed by atoms with E-state index in [0.29, 0.717) is 11.7 Å². The van der Waals surface area contributed by atoms with Crippen LogP contribution in [0, 0.1) is 13.8 Å². The Labute approximate surface area is 161 Å². The molecule has 1 N–H and O–H groups in total. The number of hydrogen-bond donors (Lipinski definition) is 1. The van der Waals surface area contributed by atoms with Crippen molar-refractivity contribution in [1.29, 1.82) is 0 Å². The maximum Gasteiger partial charge on any atom is 0.192 e. The molecule has 0 saturated heterocycles. The van der Waals surface area contributed by atoms with Crippen molar-refractivity contribution in [2.45, 2.75) is 13.8 Å². The summed E-state index contributed by atoms with van der Waals surface area (Å²) in [6.07, 6.45) is 3.49. The number of para-hydroxylation sites is 1. The molecule has 136 valence electrons. The van der Waals surface area contributed by atoms with Crippen molar-refractivity contribution in [1.82, 2.24) is 19.9 Å². The van der Waals surface area contributed by atoms with E-state index in [0.717, 1.165) is 44.6 Å². The number of pyridine rings is 1. The Hall–Kier alpha value is -3.80. The molecule has 0 aliphatic heterocycles. The van der Waals surface area contributed by atoms with Crippen LogP contribution in [0.4, 0.5) is 11.5 Å². The summed E-state index contributed by atoms with van der Waals surface area (Å²) in [6.45, 7) is 3.90. The second kappa shape index (κ2) is 6.42. The fourth-order valence-corrected chi connectivity index (χ4v) is 3.28. The molecule has 0 saturated carbocycles. The topological polar surface area (TPSA) is 76.7 Å². The average Bonchev–Trinajstić information content (AvgIpc) is 3.08. The number of nitrogens with zero attached hydrogens (tertiary/aromatic N) is 4. The third-order valence-electron chi connectivity index (χ3n) is 4.62. The summed E-state index contributed by atoms with van der Waals surface area (Å²) in [5.74, 6) is 2.05. The summed E-state index contributed by atoms with van der Waals surface area (Å²) in [4.78, 5) is 18.0. The predicted molar refractivity (Wildman–Crippen MR) is 110 cm³/mol. The van der Waals surface area contributed by atoms with Gasteiger partial charge in [-0.25, -0.2) is 15.0 Å². The second-order valence-corrected chi connectivity index (χ2v) is 6.64. The Balaban J connectivity index is 1.67. The number of oxazole rings is 1. The lowest BCUT2D eigenvalue weighted by Gasteiger charge is -2.12. The molecular formula is C22H17N5O. The van der Waals surface area contributed by atoms with Gasteiger partial charge in [-0.1, -0.05) is 12.1 Å². The number of benzene rings is 2. The first kappa shape index (κ1) is 16.4. The molecule has 28 heavy (non-hydrogen) atoms. The molecule has 5 aromatic rings. The lowest BCUT2D eigenvalue weighted by molar-refractivity contribution is 0.561. The lowest BCUT2D eigenvalue weighted by atomic mass is 10.1. The Bertz CT molecular complexity index is 1310. The van der Waals surface area contributed by atoms with Crippen LogP contribution in [-0.2, 0) is 0 Å². The minimum absolute atomic E-state index is 0.648. The fraction of sp³-hybridized carbons (Fsp3) is 0.0909. The number of hydrogen-bond acceptors (Lipinski definition) is 6. The summed E-state index contributed by atoms with van der Waals surface area (Å²) in [7, 11) is 0. The van der Waals surface area contributed by atoms with Crippen LogP contribution in [0.3, 0.4) is 0 Å². The maximum atomic E-state index is 5.66. The van der Waals surface area contributed by atoms with Gasteiger partial charge in [-0.05, 0) is 42.8 Å². The normalized spacial score (nSPS) is 11.2. The summed E-state index contributed by atoms with van der Waals surface area (Å²) < 4.78 is 5.66. The van der Waals surface area contributed by atoms with Crippen LogP contribution in [-0.4, -0.2) is 19.9 Å². The zero-order valence-corrected chi connectivity index (χ0v) is 15.5. The largest absolute Gasteiger partial charge is 0.441 e. The number of fused-ring (bicyclic) bond motifs is 2. The van der Waals surface area contributed by atoms with Crippen molar-refractivity contribution in [2.75, 3.05) is 5.32 Å². The fourth-order valence-electron chi connectivity index (χ4n) is 3.28. The molecule has 0 fully saturated rings. The first-order valence-electron chi connectivity index (χ1n) is 8.99. The first-order chi connectivity index (χ1) is 13.7. The molecule has 0 bridgehead atoms. The molecule has 6 nitrogen and oxygen atoms in total. The monoisotopic (exact) mass is 367 g/mol. The van der Waals surface area contributed by atoms with Gasteiger partial charge in [0, 0.05) is 42.0 Å². The minimum Gasteiger partial charge on any atom is -0.441 e. The number of rotatable bonds is 3. The van der Waals surface area contributed by atoms with E-state index in [1.54, 1.807) is 12.4 Å². The summed E-state index contributed by atoms with van der Waals surface area (Å²) in [5, 5.41) is 4.40. The van der Waals surface area contributed by atoms with Crippen LogP contribution < -0.4 is 5.32 Å². The highest BCUT2D eigenvalue weighted by molar-refractivity contribution is 5.94. The van der Waals surface area contributed by atoms with E-state index in [2.05, 4.69) is 28.3 Å². The number of nitrogens with one attached hydrogen (secondary N) is 1. The quantitative estimate of drug-likeness (QED) is 0.473. The van der Waals surface area contributed by atoms with Gasteiger partial charge >= 0.3 is 0 Å². The van der Waals surface area contributed by atoms with Crippen molar-refractivity contribution >= 4 is 33.5 Å². The number of anilines is 2. The summed E-state index contributed by atoms with van der Waals surface area (Å²) in [5.41, 5.74) is 5.40. The van der Waals surface area contributed by atoms with E-state index in [1.807, 2.05) is 49.4 Å². The predicted octanol–water partition coefficient (Wildman–Crippen LogP) is 5.19. The van der Waals surface area contributed by atoms with Crippen molar-refractivity contribution in [3.8, 4) is 11.4 Å². The highest BCUT2D eigenvalue weighted by atomic mass is 16.3. The molecular weight excluding hydrogens is 350 g/mol. The van der Waals surface area contributed by atoms with Crippen molar-refractivity contribution in [3.05, 3.63) is 72.4 Å². The van der Waals surface area contributed by atoms with Gasteiger partial charge in [0.2, 0.25) is 0 Å². The van der Waals surface area contributed by atoms with Crippen LogP contribution in [0.2, 0.25) is 0 Å². The Morgan fingerprint density at radius 1 is 0.893 bits per heavy atom. The highest BCUT2D eigenvalue weighted by Gasteiger charge is 2.12. The first-order valence-corrected chi connectivity index (χ1v) is 8.99. The van der Waals surface area contributed by atoms with E-state index < -0.39 is 0 Å². The van der Waals surface area contributed by atoms with Gasteiger partial charge in [0.15, 0.2) is 17.3 Å². The average molecular weight is 367 g/mol. The van der Waals surface area contributed by atoms with Gasteiger partial charge in [0.25, 0.3) is 0 Å². The highest BCUT2D eigenvalue weighted by Crippen LogP contribution is 2.30. The van der Waals surface area contributed by atoms with Crippen LogP contribution in [0.1, 0.15) is 11.5 Å². The Morgan fingerprint density at radius 2 is 1.75 bits per heavy atom. The van der Waals surface area contributed by atoms with Gasteiger partial charge < -0.3 is 9.73 Å². The summed E-state index contributed by atoms with van der Waals surface area (Å²) in [6, 6.07) is 15.8. The standard InChI is InChI=1S/C22H17N5O/c1-13-4-3-5-17-20(13)26-21(15-8-10-23-11-9-15)27-22(17)25-16-6-7-18-19(12-16)28-14(2)24-18/h3-12H,1-2H3,(H,25,26,27). The molecule has 5 rings (SSSR count). The van der Waals surface area contributed by atoms with Gasteiger partial charge in [0.1, 0.15) is 11.3 Å². The molecule has 0 spiro atoms. The van der Waals surface area contributed by atoms with E-state index in [9.17, 15) is 0 Å². The molecule has 3 heterocycles. The minimum atomic E-state index is 0.648. The molecule has 0 amide bonds. The van der Waals surface area contributed by atoms with E-state index in [1.165, 1.54) is 0 Å². The van der Waals surface area contributed by atoms with Crippen LogP contribution in [0.15, 0.2) is 65.3 Å². The third kappa shape index (κ3) is 2.85. The third-order valence-corrected chi connectivity index (χ3v) is 4.62. The lowest BCUT2D eigenvalue weighted by Crippen LogP contribution is -2.00. The second-order valence-electron chi connectivity index (χ2n) is 6.64. The molecule has 6 heteroatoms. The Kier molecular flexibility index (Phi) is 3.76. The molecule has 3 aromatic heterocycles. The van der Waals surface area contributed by atoms with Crippen LogP contribution in [0.25, 0.3) is 33.4 Å². The van der Waals surface area contributed by atoms with E-state index in [4.69, 9.17) is 14.4 Å². The summed E-state index contributed by atoms with van der Waals surface area (Å²) >= 11 is 0. The SMILES string of the molecule is Cc1nc2ccc(Nc3nc(-c4ccncc4)nc4c(C)cccc34)cc2o1. The van der Waals surface area contributed by atoms with Crippen LogP contribution in [0.5, 0.6) is 0 Å². The van der Waals surface area contributed by atoms with Crippen molar-refractivity contribution in [3.63, 3.8) is 0 Å². The molecule has 0 unspecified atom stereocenters. The van der Waals surface area contributed by atoms with Gasteiger partial charge in [-0.3, -0.25) is 4.98 Å². The number of aryl methyl sites for hydroxylation is 2. The molecule has 0 aliphatic carbocycles. The molecule has 0 aliphatic rings. The van der Waals surface area contributed by atoms with Crippen molar-refractivity contribution in [2.24, 2.45) is 0 Å². The van der Waals surface area contributed by atoms with E-state index in [-0.39, 0.29) is 0 Å². The molecule has 2 aromatic carbocycles. The number of aromatic nitrogens is 4.